The molecule has 0 unspecified atom stereocenters. The third kappa shape index (κ3) is 3.77. The molecule has 0 amide bonds. The zero-order chi connectivity index (χ0) is 13.2. The highest BCUT2D eigenvalue weighted by Gasteiger charge is 2.32. The van der Waals surface area contributed by atoms with Crippen molar-refractivity contribution in [2.24, 2.45) is 5.73 Å². The number of pyridine rings is 1. The lowest BCUT2D eigenvalue weighted by atomic mass is 10.2. The Bertz CT molecular complexity index is 410. The average Bonchev–Trinajstić information content (AvgIpc) is 2.17. The second-order valence-electron chi connectivity index (χ2n) is 2.86. The second kappa shape index (κ2) is 5.13. The lowest BCUT2D eigenvalue weighted by Gasteiger charge is -2.12. The van der Waals surface area contributed by atoms with Crippen molar-refractivity contribution in [2.45, 2.75) is 19.3 Å². The Hall–Kier alpha value is -0.960. The summed E-state index contributed by atoms with van der Waals surface area (Å²) in [4.78, 5) is 3.37. The van der Waals surface area contributed by atoms with Crippen LogP contribution in [0.5, 0.6) is 5.88 Å². The van der Waals surface area contributed by atoms with E-state index in [1.165, 1.54) is 0 Å². The summed E-state index contributed by atoms with van der Waals surface area (Å²) in [5.41, 5.74) is 4.39. The molecule has 0 saturated heterocycles. The highest BCUT2D eigenvalue weighted by Crippen LogP contribution is 2.33. The fourth-order valence-electron chi connectivity index (χ4n) is 1.04. The van der Waals surface area contributed by atoms with Gasteiger partial charge >= 0.3 is 6.36 Å². The van der Waals surface area contributed by atoms with Gasteiger partial charge in [0, 0.05) is 22.6 Å². The Kier molecular flexibility index (Phi) is 4.26. The number of alkyl halides is 5. The maximum Gasteiger partial charge on any atom is 0.574 e. The minimum Gasteiger partial charge on any atom is -0.388 e. The van der Waals surface area contributed by atoms with Crippen LogP contribution in [0.2, 0.25) is 0 Å². The van der Waals surface area contributed by atoms with E-state index in [2.05, 4.69) is 25.7 Å². The van der Waals surface area contributed by atoms with E-state index in [0.717, 1.165) is 0 Å². The van der Waals surface area contributed by atoms with Gasteiger partial charge in [0.05, 0.1) is 5.69 Å². The maximum absolute atomic E-state index is 12.5. The van der Waals surface area contributed by atoms with E-state index in [1.807, 2.05) is 0 Å². The van der Waals surface area contributed by atoms with Crippen LogP contribution < -0.4 is 10.5 Å². The minimum absolute atomic E-state index is 0.121. The van der Waals surface area contributed by atoms with Crippen LogP contribution in [0, 0.1) is 0 Å². The minimum atomic E-state index is -4.99. The van der Waals surface area contributed by atoms with Crippen LogP contribution in [0.1, 0.15) is 17.7 Å². The Morgan fingerprint density at radius 1 is 1.41 bits per heavy atom. The molecule has 0 aliphatic rings. The molecule has 9 heteroatoms. The first kappa shape index (κ1) is 14.1. The molecule has 17 heavy (non-hydrogen) atoms. The van der Waals surface area contributed by atoms with Gasteiger partial charge in [0.15, 0.2) is 0 Å². The summed E-state index contributed by atoms with van der Waals surface area (Å²) in [5, 5.41) is 0. The zero-order valence-electron chi connectivity index (χ0n) is 8.06. The monoisotopic (exact) mass is 320 g/mol. The van der Waals surface area contributed by atoms with Crippen molar-refractivity contribution in [3.05, 3.63) is 21.8 Å². The zero-order valence-corrected chi connectivity index (χ0v) is 9.65. The molecule has 0 aliphatic carbocycles. The second-order valence-corrected chi connectivity index (χ2v) is 3.66. The van der Waals surface area contributed by atoms with E-state index in [4.69, 9.17) is 5.73 Å². The standard InChI is InChI=1S/C8H6BrF5N2O/c9-6-3(7(10)11)1-5(16-4(6)2-15)17-8(12,13)14/h1,7H,2,15H2. The van der Waals surface area contributed by atoms with Gasteiger partial charge in [0.2, 0.25) is 5.88 Å². The summed E-state index contributed by atoms with van der Waals surface area (Å²) in [7, 11) is 0. The third-order valence-electron chi connectivity index (χ3n) is 1.68. The highest BCUT2D eigenvalue weighted by molar-refractivity contribution is 9.10. The van der Waals surface area contributed by atoms with Gasteiger partial charge in [-0.3, -0.25) is 0 Å². The van der Waals surface area contributed by atoms with Gasteiger partial charge in [-0.25, -0.2) is 13.8 Å². The van der Waals surface area contributed by atoms with E-state index in [9.17, 15) is 22.0 Å². The quantitative estimate of drug-likeness (QED) is 0.870. The number of ether oxygens (including phenoxy) is 1. The molecule has 0 atom stereocenters. The molecule has 0 aromatic carbocycles. The van der Waals surface area contributed by atoms with Crippen molar-refractivity contribution < 1.29 is 26.7 Å². The van der Waals surface area contributed by atoms with Gasteiger partial charge in [-0.1, -0.05) is 0 Å². The number of halogens is 6. The molecule has 96 valence electrons. The normalized spacial score (nSPS) is 12.0. The number of nitrogens with two attached hydrogens (primary N) is 1. The fraction of sp³-hybridized carbons (Fsp3) is 0.375. The Morgan fingerprint density at radius 3 is 2.41 bits per heavy atom. The summed E-state index contributed by atoms with van der Waals surface area (Å²) < 4.78 is 64.1. The van der Waals surface area contributed by atoms with Crippen LogP contribution in [-0.4, -0.2) is 11.3 Å². The maximum atomic E-state index is 12.5. The fourth-order valence-corrected chi connectivity index (χ4v) is 1.58. The molecule has 0 bridgehead atoms. The van der Waals surface area contributed by atoms with E-state index >= 15 is 0 Å². The molecular weight excluding hydrogens is 315 g/mol. The van der Waals surface area contributed by atoms with Gasteiger partial charge in [0.25, 0.3) is 6.43 Å². The molecule has 1 aromatic rings. The largest absolute Gasteiger partial charge is 0.574 e. The molecule has 1 aromatic heterocycles. The molecule has 3 nitrogen and oxygen atoms in total. The van der Waals surface area contributed by atoms with E-state index in [0.29, 0.717) is 6.07 Å². The van der Waals surface area contributed by atoms with Crippen molar-refractivity contribution >= 4 is 15.9 Å². The molecule has 2 N–H and O–H groups in total. The molecule has 1 heterocycles. The van der Waals surface area contributed by atoms with Crippen LogP contribution in [0.15, 0.2) is 10.5 Å². The van der Waals surface area contributed by atoms with Crippen LogP contribution >= 0.6 is 15.9 Å². The van der Waals surface area contributed by atoms with Gasteiger partial charge in [0.1, 0.15) is 0 Å². The first-order chi connectivity index (χ1) is 7.74. The van der Waals surface area contributed by atoms with E-state index in [-0.39, 0.29) is 16.7 Å². The Balaban J connectivity index is 3.21. The number of rotatable bonds is 3. The van der Waals surface area contributed by atoms with Gasteiger partial charge in [-0.15, -0.1) is 13.2 Å². The molecule has 0 fully saturated rings. The van der Waals surface area contributed by atoms with Crippen LogP contribution in [-0.2, 0) is 6.54 Å². The van der Waals surface area contributed by atoms with E-state index in [1.54, 1.807) is 0 Å². The van der Waals surface area contributed by atoms with E-state index < -0.39 is 24.2 Å². The first-order valence-electron chi connectivity index (χ1n) is 4.18. The average molecular weight is 321 g/mol. The predicted octanol–water partition coefficient (Wildman–Crippen LogP) is 3.14. The Labute approximate surface area is 101 Å². The molecule has 1 rings (SSSR count). The Morgan fingerprint density at radius 2 is 2.00 bits per heavy atom. The van der Waals surface area contributed by atoms with Crippen molar-refractivity contribution in [1.82, 2.24) is 4.98 Å². The topological polar surface area (TPSA) is 48.1 Å². The summed E-state index contributed by atoms with van der Waals surface area (Å²) in [6.45, 7) is -0.296. The molecule has 0 radical (unpaired) electrons. The van der Waals surface area contributed by atoms with Crippen molar-refractivity contribution in [2.75, 3.05) is 0 Å². The van der Waals surface area contributed by atoms with Gasteiger partial charge in [-0.2, -0.15) is 0 Å². The summed E-state index contributed by atoms with van der Waals surface area (Å²) in [6, 6.07) is 0.515. The highest BCUT2D eigenvalue weighted by atomic mass is 79.9. The molecule has 0 saturated carbocycles. The van der Waals surface area contributed by atoms with Crippen molar-refractivity contribution in [3.8, 4) is 5.88 Å². The van der Waals surface area contributed by atoms with Crippen molar-refractivity contribution in [1.29, 1.82) is 0 Å². The summed E-state index contributed by atoms with van der Waals surface area (Å²) >= 11 is 2.80. The van der Waals surface area contributed by atoms with Gasteiger partial charge in [-0.05, 0) is 15.9 Å². The molecule has 0 spiro atoms. The number of hydrogen-bond acceptors (Lipinski definition) is 3. The number of hydrogen-bond donors (Lipinski definition) is 1. The summed E-state index contributed by atoms with van der Waals surface area (Å²) in [6.07, 6.45) is -7.96. The molecular formula is C8H6BrF5N2O. The first-order valence-corrected chi connectivity index (χ1v) is 4.97. The van der Waals surface area contributed by atoms with Gasteiger partial charge < -0.3 is 10.5 Å². The summed E-state index contributed by atoms with van der Waals surface area (Å²) in [5.74, 6) is -0.962. The third-order valence-corrected chi connectivity index (χ3v) is 2.60. The van der Waals surface area contributed by atoms with Crippen LogP contribution in [0.25, 0.3) is 0 Å². The smallest absolute Gasteiger partial charge is 0.388 e. The van der Waals surface area contributed by atoms with Crippen molar-refractivity contribution in [3.63, 3.8) is 0 Å². The SMILES string of the molecule is NCc1nc(OC(F)(F)F)cc(C(F)F)c1Br. The lowest BCUT2D eigenvalue weighted by molar-refractivity contribution is -0.276. The molecule has 0 aliphatic heterocycles. The van der Waals surface area contributed by atoms with Crippen LogP contribution in [0.4, 0.5) is 22.0 Å². The number of aromatic nitrogens is 1. The lowest BCUT2D eigenvalue weighted by Crippen LogP contribution is -2.19. The predicted molar refractivity (Wildman–Crippen MR) is 51.5 cm³/mol. The number of nitrogens with zero attached hydrogens (tertiary/aromatic N) is 1. The van der Waals surface area contributed by atoms with Crippen LogP contribution in [0.3, 0.4) is 0 Å².